The van der Waals surface area contributed by atoms with Gasteiger partial charge in [-0.15, -0.1) is 0 Å². The molecular formula is C16H27NO3. The van der Waals surface area contributed by atoms with E-state index >= 15 is 0 Å². The van der Waals surface area contributed by atoms with Crippen molar-refractivity contribution in [2.75, 3.05) is 32.8 Å². The number of likely N-dealkylation sites (tertiary alicyclic amines) is 1. The highest BCUT2D eigenvalue weighted by molar-refractivity contribution is 5.75. The highest BCUT2D eigenvalue weighted by atomic mass is 16.5. The fourth-order valence-electron chi connectivity index (χ4n) is 4.38. The Morgan fingerprint density at radius 1 is 1.05 bits per heavy atom. The van der Waals surface area contributed by atoms with Gasteiger partial charge < -0.3 is 14.7 Å². The van der Waals surface area contributed by atoms with Crippen molar-refractivity contribution < 1.29 is 14.6 Å². The van der Waals surface area contributed by atoms with Gasteiger partial charge in [-0.05, 0) is 50.6 Å². The van der Waals surface area contributed by atoms with E-state index in [1.54, 1.807) is 0 Å². The van der Waals surface area contributed by atoms with Crippen molar-refractivity contribution in [1.29, 1.82) is 0 Å². The summed E-state index contributed by atoms with van der Waals surface area (Å²) >= 11 is 0. The van der Waals surface area contributed by atoms with Crippen molar-refractivity contribution >= 4 is 5.97 Å². The van der Waals surface area contributed by atoms with Crippen LogP contribution in [-0.2, 0) is 9.53 Å². The molecule has 1 aliphatic carbocycles. The minimum absolute atomic E-state index is 0.393. The molecule has 4 heteroatoms. The minimum atomic E-state index is -0.673. The Morgan fingerprint density at radius 2 is 1.75 bits per heavy atom. The molecule has 1 unspecified atom stereocenters. The van der Waals surface area contributed by atoms with Crippen LogP contribution in [0.15, 0.2) is 0 Å². The molecule has 2 aliphatic heterocycles. The zero-order valence-corrected chi connectivity index (χ0v) is 12.4. The monoisotopic (exact) mass is 281 g/mol. The van der Waals surface area contributed by atoms with Crippen molar-refractivity contribution in [3.8, 4) is 0 Å². The third-order valence-corrected chi connectivity index (χ3v) is 5.91. The second kappa shape index (κ2) is 5.64. The maximum atomic E-state index is 11.6. The highest BCUT2D eigenvalue weighted by Gasteiger charge is 2.45. The summed E-state index contributed by atoms with van der Waals surface area (Å²) in [5, 5.41) is 9.53. The van der Waals surface area contributed by atoms with Crippen LogP contribution in [0.5, 0.6) is 0 Å². The van der Waals surface area contributed by atoms with Gasteiger partial charge >= 0.3 is 5.97 Å². The summed E-state index contributed by atoms with van der Waals surface area (Å²) in [6, 6.07) is 0. The molecule has 2 saturated heterocycles. The molecule has 3 rings (SSSR count). The van der Waals surface area contributed by atoms with Crippen molar-refractivity contribution in [2.24, 2.45) is 10.8 Å². The molecule has 1 saturated carbocycles. The molecule has 3 fully saturated rings. The number of carboxylic acids is 1. The summed E-state index contributed by atoms with van der Waals surface area (Å²) < 4.78 is 5.37. The van der Waals surface area contributed by atoms with E-state index in [2.05, 4.69) is 4.90 Å². The van der Waals surface area contributed by atoms with Gasteiger partial charge in [-0.3, -0.25) is 4.79 Å². The maximum Gasteiger partial charge on any atom is 0.313 e. The van der Waals surface area contributed by atoms with Crippen molar-refractivity contribution in [3.63, 3.8) is 0 Å². The van der Waals surface area contributed by atoms with Crippen LogP contribution in [0.1, 0.15) is 51.4 Å². The lowest BCUT2D eigenvalue weighted by atomic mass is 9.68. The van der Waals surface area contributed by atoms with E-state index in [0.717, 1.165) is 13.1 Å². The lowest BCUT2D eigenvalue weighted by Gasteiger charge is -2.45. The van der Waals surface area contributed by atoms with Gasteiger partial charge in [0.2, 0.25) is 0 Å². The van der Waals surface area contributed by atoms with Gasteiger partial charge in [0.15, 0.2) is 0 Å². The number of rotatable bonds is 3. The first-order chi connectivity index (χ1) is 9.64. The van der Waals surface area contributed by atoms with Gasteiger partial charge in [0.25, 0.3) is 0 Å². The molecule has 0 aromatic rings. The second-order valence-electron chi connectivity index (χ2n) is 7.22. The normalized spacial score (nSPS) is 34.4. The largest absolute Gasteiger partial charge is 0.481 e. The SMILES string of the molecule is O=C(O)C1(CN2CCC3(CCCCC3)CC2)CCOC1. The number of hydrogen-bond donors (Lipinski definition) is 1. The number of ether oxygens (including phenoxy) is 1. The van der Waals surface area contributed by atoms with Gasteiger partial charge in [-0.2, -0.15) is 0 Å². The quantitative estimate of drug-likeness (QED) is 0.863. The lowest BCUT2D eigenvalue weighted by molar-refractivity contribution is -0.150. The van der Waals surface area contributed by atoms with Crippen LogP contribution in [0.25, 0.3) is 0 Å². The Labute approximate surface area is 121 Å². The highest BCUT2D eigenvalue weighted by Crippen LogP contribution is 2.45. The second-order valence-corrected chi connectivity index (χ2v) is 7.22. The van der Waals surface area contributed by atoms with E-state index in [1.807, 2.05) is 0 Å². The van der Waals surface area contributed by atoms with E-state index in [4.69, 9.17) is 4.74 Å². The van der Waals surface area contributed by atoms with E-state index in [0.29, 0.717) is 31.6 Å². The summed E-state index contributed by atoms with van der Waals surface area (Å²) in [6.45, 7) is 3.83. The third kappa shape index (κ3) is 2.73. The molecule has 1 atom stereocenters. The smallest absolute Gasteiger partial charge is 0.313 e. The molecule has 114 valence electrons. The molecule has 20 heavy (non-hydrogen) atoms. The lowest BCUT2D eigenvalue weighted by Crippen LogP contribution is -2.48. The molecule has 1 spiro atoms. The number of hydrogen-bond acceptors (Lipinski definition) is 3. The number of carboxylic acid groups (broad SMARTS) is 1. The molecule has 1 N–H and O–H groups in total. The third-order valence-electron chi connectivity index (χ3n) is 5.91. The molecule has 2 heterocycles. The number of nitrogens with zero attached hydrogens (tertiary/aromatic N) is 1. The Kier molecular flexibility index (Phi) is 4.04. The Morgan fingerprint density at radius 3 is 2.30 bits per heavy atom. The van der Waals surface area contributed by atoms with E-state index in [-0.39, 0.29) is 0 Å². The van der Waals surface area contributed by atoms with Crippen molar-refractivity contribution in [3.05, 3.63) is 0 Å². The zero-order valence-electron chi connectivity index (χ0n) is 12.4. The summed E-state index contributed by atoms with van der Waals surface area (Å²) in [5.41, 5.74) is -0.0472. The van der Waals surface area contributed by atoms with Gasteiger partial charge in [0.1, 0.15) is 5.41 Å². The summed E-state index contributed by atoms with van der Waals surface area (Å²) in [6.07, 6.45) is 10.2. The van der Waals surface area contributed by atoms with E-state index < -0.39 is 11.4 Å². The molecule has 0 radical (unpaired) electrons. The number of carbonyl (C=O) groups is 1. The maximum absolute atomic E-state index is 11.6. The topological polar surface area (TPSA) is 49.8 Å². The number of piperidine rings is 1. The Bertz CT molecular complexity index is 347. The summed E-state index contributed by atoms with van der Waals surface area (Å²) in [4.78, 5) is 14.0. The minimum Gasteiger partial charge on any atom is -0.481 e. The molecule has 3 aliphatic rings. The summed E-state index contributed by atoms with van der Waals surface area (Å²) in [5.74, 6) is -0.673. The fraction of sp³-hybridized carbons (Fsp3) is 0.938. The molecule has 0 bridgehead atoms. The van der Waals surface area contributed by atoms with Gasteiger partial charge in [-0.1, -0.05) is 19.3 Å². The van der Waals surface area contributed by atoms with Crippen LogP contribution in [-0.4, -0.2) is 48.8 Å². The average molecular weight is 281 g/mol. The van der Waals surface area contributed by atoms with Crippen molar-refractivity contribution in [1.82, 2.24) is 4.90 Å². The Hall–Kier alpha value is -0.610. The molecule has 0 aromatic carbocycles. The average Bonchev–Trinajstić information content (AvgIpc) is 2.93. The van der Waals surface area contributed by atoms with Gasteiger partial charge in [0, 0.05) is 13.2 Å². The van der Waals surface area contributed by atoms with Gasteiger partial charge in [0.05, 0.1) is 6.61 Å². The zero-order chi connectivity index (χ0) is 14.1. The molecular weight excluding hydrogens is 254 g/mol. The van der Waals surface area contributed by atoms with E-state index in [1.165, 1.54) is 44.9 Å². The molecule has 0 aromatic heterocycles. The molecule has 4 nitrogen and oxygen atoms in total. The first-order valence-electron chi connectivity index (χ1n) is 8.18. The van der Waals surface area contributed by atoms with Crippen LogP contribution in [0, 0.1) is 10.8 Å². The van der Waals surface area contributed by atoms with Crippen LogP contribution in [0.4, 0.5) is 0 Å². The first kappa shape index (κ1) is 14.3. The van der Waals surface area contributed by atoms with Gasteiger partial charge in [-0.25, -0.2) is 0 Å². The molecule has 0 amide bonds. The van der Waals surface area contributed by atoms with Crippen LogP contribution in [0.3, 0.4) is 0 Å². The first-order valence-corrected chi connectivity index (χ1v) is 8.18. The van der Waals surface area contributed by atoms with Crippen LogP contribution < -0.4 is 0 Å². The number of aliphatic carboxylic acids is 1. The van der Waals surface area contributed by atoms with Crippen LogP contribution >= 0.6 is 0 Å². The predicted octanol–water partition coefficient (Wildman–Crippen LogP) is 2.52. The van der Waals surface area contributed by atoms with Crippen LogP contribution in [0.2, 0.25) is 0 Å². The standard InChI is InChI=1S/C16H27NO3/c18-14(19)16(8-11-20-13-16)12-17-9-6-15(7-10-17)4-2-1-3-5-15/h1-13H2,(H,18,19). The predicted molar refractivity (Wildman–Crippen MR) is 76.7 cm³/mol. The Balaban J connectivity index is 1.56. The van der Waals surface area contributed by atoms with Crippen molar-refractivity contribution in [2.45, 2.75) is 51.4 Å². The fourth-order valence-corrected chi connectivity index (χ4v) is 4.38. The van der Waals surface area contributed by atoms with E-state index in [9.17, 15) is 9.90 Å². The summed E-state index contributed by atoms with van der Waals surface area (Å²) in [7, 11) is 0.